The zero-order valence-electron chi connectivity index (χ0n) is 18.2. The lowest BCUT2D eigenvalue weighted by atomic mass is 10.1. The van der Waals surface area contributed by atoms with Crippen LogP contribution in [-0.4, -0.2) is 40.1 Å². The maximum Gasteiger partial charge on any atom is 0.259 e. The summed E-state index contributed by atoms with van der Waals surface area (Å²) < 4.78 is 10.4. The molecule has 4 rings (SSSR count). The number of amides is 1. The number of hydrogen-bond donors (Lipinski definition) is 1. The van der Waals surface area contributed by atoms with Gasteiger partial charge in [-0.15, -0.1) is 0 Å². The van der Waals surface area contributed by atoms with Gasteiger partial charge in [-0.2, -0.15) is 4.98 Å². The monoisotopic (exact) mass is 432 g/mol. The lowest BCUT2D eigenvalue weighted by Crippen LogP contribution is -2.26. The van der Waals surface area contributed by atoms with E-state index in [4.69, 9.17) is 9.26 Å². The standard InChI is InChI=1S/C24H24N4O4/c1-15-4-9-20-17(12-15)13-19(24(30)25-20)23-26-21(32-27-23)10-11-22(29)28(2)14-16-5-7-18(31-3)8-6-16/h4-9,12-13H,10-11,14H2,1-3H3,(H,25,30). The molecule has 0 spiro atoms. The van der Waals surface area contributed by atoms with Gasteiger partial charge in [-0.05, 0) is 48.2 Å². The van der Waals surface area contributed by atoms with Gasteiger partial charge in [-0.3, -0.25) is 9.59 Å². The third-order valence-electron chi connectivity index (χ3n) is 5.27. The van der Waals surface area contributed by atoms with Crippen molar-refractivity contribution >= 4 is 16.8 Å². The molecule has 0 radical (unpaired) electrons. The minimum atomic E-state index is -0.288. The number of benzene rings is 2. The van der Waals surface area contributed by atoms with E-state index in [2.05, 4.69) is 15.1 Å². The zero-order valence-corrected chi connectivity index (χ0v) is 18.2. The smallest absolute Gasteiger partial charge is 0.259 e. The van der Waals surface area contributed by atoms with Crippen LogP contribution >= 0.6 is 0 Å². The van der Waals surface area contributed by atoms with Gasteiger partial charge in [0.1, 0.15) is 5.75 Å². The number of pyridine rings is 1. The second-order valence-electron chi connectivity index (χ2n) is 7.71. The molecule has 0 unspecified atom stereocenters. The Morgan fingerprint density at radius 2 is 1.94 bits per heavy atom. The maximum absolute atomic E-state index is 12.5. The Morgan fingerprint density at radius 3 is 2.69 bits per heavy atom. The predicted molar refractivity (Wildman–Crippen MR) is 120 cm³/mol. The van der Waals surface area contributed by atoms with E-state index >= 15 is 0 Å². The van der Waals surface area contributed by atoms with Gasteiger partial charge in [0.05, 0.1) is 12.7 Å². The number of H-pyrrole nitrogens is 1. The van der Waals surface area contributed by atoms with Gasteiger partial charge in [0.15, 0.2) is 0 Å². The van der Waals surface area contributed by atoms with Gasteiger partial charge in [0.25, 0.3) is 5.56 Å². The second kappa shape index (κ2) is 9.05. The average Bonchev–Trinajstić information content (AvgIpc) is 3.26. The number of carbonyl (C=O) groups is 1. The summed E-state index contributed by atoms with van der Waals surface area (Å²) in [6.07, 6.45) is 0.519. The number of carbonyl (C=O) groups excluding carboxylic acids is 1. The van der Waals surface area contributed by atoms with E-state index in [0.29, 0.717) is 24.4 Å². The van der Waals surface area contributed by atoms with Crippen LogP contribution in [0.3, 0.4) is 0 Å². The molecule has 0 fully saturated rings. The number of aromatic nitrogens is 3. The SMILES string of the molecule is COc1ccc(CN(C)C(=O)CCc2nc(-c3cc4cc(C)ccc4[nH]c3=O)no2)cc1. The minimum absolute atomic E-state index is 0.0420. The van der Waals surface area contributed by atoms with Crippen molar-refractivity contribution in [2.75, 3.05) is 14.2 Å². The number of aromatic amines is 1. The lowest BCUT2D eigenvalue weighted by molar-refractivity contribution is -0.130. The van der Waals surface area contributed by atoms with E-state index in [1.54, 1.807) is 25.1 Å². The summed E-state index contributed by atoms with van der Waals surface area (Å²) in [6.45, 7) is 2.48. The fraction of sp³-hybridized carbons (Fsp3) is 0.250. The first-order valence-corrected chi connectivity index (χ1v) is 10.3. The normalized spacial score (nSPS) is 11.0. The highest BCUT2D eigenvalue weighted by Gasteiger charge is 2.16. The number of hydrogen-bond acceptors (Lipinski definition) is 6. The molecule has 1 amide bonds. The molecular formula is C24H24N4O4. The minimum Gasteiger partial charge on any atom is -0.497 e. The van der Waals surface area contributed by atoms with E-state index in [0.717, 1.165) is 27.8 Å². The van der Waals surface area contributed by atoms with Crippen LogP contribution in [0.2, 0.25) is 0 Å². The van der Waals surface area contributed by atoms with Gasteiger partial charge >= 0.3 is 0 Å². The fourth-order valence-electron chi connectivity index (χ4n) is 3.46. The molecule has 4 aromatic rings. The topological polar surface area (TPSA) is 101 Å². The molecule has 0 aliphatic rings. The number of methoxy groups -OCH3 is 1. The fourth-order valence-corrected chi connectivity index (χ4v) is 3.46. The van der Waals surface area contributed by atoms with E-state index in [9.17, 15) is 9.59 Å². The van der Waals surface area contributed by atoms with Crippen LogP contribution in [0.5, 0.6) is 5.75 Å². The Bertz CT molecular complexity index is 1310. The molecule has 0 saturated heterocycles. The molecule has 2 aromatic carbocycles. The first-order valence-electron chi connectivity index (χ1n) is 10.3. The van der Waals surface area contributed by atoms with Crippen molar-refractivity contribution in [2.24, 2.45) is 0 Å². The van der Waals surface area contributed by atoms with Crippen molar-refractivity contribution in [3.05, 3.63) is 75.9 Å². The van der Waals surface area contributed by atoms with E-state index in [-0.39, 0.29) is 23.7 Å². The van der Waals surface area contributed by atoms with E-state index in [1.807, 2.05) is 49.4 Å². The second-order valence-corrected chi connectivity index (χ2v) is 7.71. The molecule has 0 bridgehead atoms. The molecule has 0 saturated carbocycles. The van der Waals surface area contributed by atoms with Crippen LogP contribution < -0.4 is 10.3 Å². The molecule has 0 aliphatic carbocycles. The first-order chi connectivity index (χ1) is 15.4. The van der Waals surface area contributed by atoms with Crippen LogP contribution in [0.15, 0.2) is 57.8 Å². The summed E-state index contributed by atoms with van der Waals surface area (Å²) in [5.74, 6) is 1.26. The maximum atomic E-state index is 12.5. The lowest BCUT2D eigenvalue weighted by Gasteiger charge is -2.17. The molecule has 32 heavy (non-hydrogen) atoms. The third kappa shape index (κ3) is 4.69. The molecule has 2 aromatic heterocycles. The highest BCUT2D eigenvalue weighted by Crippen LogP contribution is 2.19. The summed E-state index contributed by atoms with van der Waals surface area (Å²) in [6, 6.07) is 15.1. The van der Waals surface area contributed by atoms with Crippen LogP contribution in [0.25, 0.3) is 22.3 Å². The van der Waals surface area contributed by atoms with Crippen molar-refractivity contribution in [3.8, 4) is 17.1 Å². The molecule has 0 atom stereocenters. The largest absolute Gasteiger partial charge is 0.497 e. The summed E-state index contributed by atoms with van der Waals surface area (Å²) in [5.41, 5.74) is 2.89. The van der Waals surface area contributed by atoms with Crippen LogP contribution in [0.1, 0.15) is 23.4 Å². The number of ether oxygens (including phenoxy) is 1. The summed E-state index contributed by atoms with van der Waals surface area (Å²) in [7, 11) is 3.37. The van der Waals surface area contributed by atoms with Crippen molar-refractivity contribution in [1.29, 1.82) is 0 Å². The Kier molecular flexibility index (Phi) is 6.02. The first kappa shape index (κ1) is 21.3. The molecular weight excluding hydrogens is 408 g/mol. The number of rotatable bonds is 7. The average molecular weight is 432 g/mol. The molecule has 2 heterocycles. The van der Waals surface area contributed by atoms with Gasteiger partial charge in [0, 0.05) is 32.0 Å². The van der Waals surface area contributed by atoms with E-state index in [1.165, 1.54) is 0 Å². The summed E-state index contributed by atoms with van der Waals surface area (Å²) in [4.78, 5) is 33.8. The Morgan fingerprint density at radius 1 is 1.16 bits per heavy atom. The number of nitrogens with one attached hydrogen (secondary N) is 1. The number of nitrogens with zero attached hydrogens (tertiary/aromatic N) is 3. The quantitative estimate of drug-likeness (QED) is 0.480. The van der Waals surface area contributed by atoms with Gasteiger partial charge < -0.3 is 19.1 Å². The van der Waals surface area contributed by atoms with Crippen LogP contribution in [0.4, 0.5) is 0 Å². The number of aryl methyl sites for hydroxylation is 2. The molecule has 164 valence electrons. The highest BCUT2D eigenvalue weighted by molar-refractivity contribution is 5.83. The van der Waals surface area contributed by atoms with Crippen molar-refractivity contribution in [2.45, 2.75) is 26.3 Å². The van der Waals surface area contributed by atoms with Crippen molar-refractivity contribution in [3.63, 3.8) is 0 Å². The van der Waals surface area contributed by atoms with Crippen LogP contribution in [-0.2, 0) is 17.8 Å². The van der Waals surface area contributed by atoms with E-state index < -0.39 is 0 Å². The highest BCUT2D eigenvalue weighted by atomic mass is 16.5. The molecule has 0 aliphatic heterocycles. The van der Waals surface area contributed by atoms with Crippen LogP contribution in [0, 0.1) is 6.92 Å². The predicted octanol–water partition coefficient (Wildman–Crippen LogP) is 3.49. The molecule has 8 heteroatoms. The van der Waals surface area contributed by atoms with Gasteiger partial charge in [0.2, 0.25) is 17.6 Å². The Labute approximate surface area is 184 Å². The third-order valence-corrected chi connectivity index (χ3v) is 5.27. The van der Waals surface area contributed by atoms with Crippen molar-refractivity contribution < 1.29 is 14.1 Å². The Hall–Kier alpha value is -3.94. The van der Waals surface area contributed by atoms with Gasteiger partial charge in [-0.1, -0.05) is 28.9 Å². The summed E-state index contributed by atoms with van der Waals surface area (Å²) >= 11 is 0. The molecule has 1 N–H and O–H groups in total. The zero-order chi connectivity index (χ0) is 22.7. The van der Waals surface area contributed by atoms with Gasteiger partial charge in [-0.25, -0.2) is 0 Å². The number of fused-ring (bicyclic) bond motifs is 1. The van der Waals surface area contributed by atoms with Crippen molar-refractivity contribution in [1.82, 2.24) is 20.0 Å². The Balaban J connectivity index is 1.41. The summed E-state index contributed by atoms with van der Waals surface area (Å²) in [5, 5.41) is 4.83. The molecule has 8 nitrogen and oxygen atoms in total.